The number of nitrogens with one attached hydrogen (secondary N) is 1. The summed E-state index contributed by atoms with van der Waals surface area (Å²) >= 11 is 3.46. The highest BCUT2D eigenvalue weighted by Gasteiger charge is 2.16. The van der Waals surface area contributed by atoms with Crippen LogP contribution in [0.25, 0.3) is 0 Å². The van der Waals surface area contributed by atoms with E-state index in [0.717, 1.165) is 16.5 Å². The number of methoxy groups -OCH3 is 3. The fourth-order valence-corrected chi connectivity index (χ4v) is 3.11. The van der Waals surface area contributed by atoms with E-state index < -0.39 is 0 Å². The van der Waals surface area contributed by atoms with Crippen molar-refractivity contribution >= 4 is 21.8 Å². The first kappa shape index (κ1) is 20.9. The van der Waals surface area contributed by atoms with Crippen molar-refractivity contribution < 1.29 is 23.7 Å². The SMILES string of the molecule is CCc1ccc(OCC(=O)NCc2ccc(OC)c(OC)c2OC)c(Br)c1. The maximum Gasteiger partial charge on any atom is 0.258 e. The summed E-state index contributed by atoms with van der Waals surface area (Å²) in [6.45, 7) is 2.28. The van der Waals surface area contributed by atoms with Crippen LogP contribution < -0.4 is 24.3 Å². The van der Waals surface area contributed by atoms with Crippen molar-refractivity contribution in [2.45, 2.75) is 19.9 Å². The van der Waals surface area contributed by atoms with Crippen molar-refractivity contribution in [3.8, 4) is 23.0 Å². The molecule has 0 aliphatic carbocycles. The molecule has 2 rings (SSSR count). The summed E-state index contributed by atoms with van der Waals surface area (Å²) in [6.07, 6.45) is 0.937. The Kier molecular flexibility index (Phi) is 7.79. The molecule has 0 spiro atoms. The van der Waals surface area contributed by atoms with Crippen LogP contribution in [-0.4, -0.2) is 33.8 Å². The van der Waals surface area contributed by atoms with Crippen molar-refractivity contribution in [1.29, 1.82) is 0 Å². The highest BCUT2D eigenvalue weighted by atomic mass is 79.9. The van der Waals surface area contributed by atoms with Crippen molar-refractivity contribution in [2.24, 2.45) is 0 Å². The summed E-state index contributed by atoms with van der Waals surface area (Å²) in [6, 6.07) is 9.41. The molecule has 0 radical (unpaired) electrons. The van der Waals surface area contributed by atoms with Gasteiger partial charge in [0, 0.05) is 12.1 Å². The molecular formula is C20H24BrNO5. The minimum absolute atomic E-state index is 0.0837. The van der Waals surface area contributed by atoms with E-state index in [-0.39, 0.29) is 19.1 Å². The predicted molar refractivity (Wildman–Crippen MR) is 107 cm³/mol. The monoisotopic (exact) mass is 437 g/mol. The number of carbonyl (C=O) groups is 1. The van der Waals surface area contributed by atoms with Crippen molar-refractivity contribution in [1.82, 2.24) is 5.32 Å². The van der Waals surface area contributed by atoms with Crippen LogP contribution in [0.2, 0.25) is 0 Å². The van der Waals surface area contributed by atoms with E-state index in [1.165, 1.54) is 12.7 Å². The topological polar surface area (TPSA) is 66.0 Å². The largest absolute Gasteiger partial charge is 0.493 e. The fraction of sp³-hybridized carbons (Fsp3) is 0.350. The molecule has 2 aromatic carbocycles. The van der Waals surface area contributed by atoms with Gasteiger partial charge in [-0.3, -0.25) is 4.79 Å². The van der Waals surface area contributed by atoms with Gasteiger partial charge in [-0.15, -0.1) is 0 Å². The molecule has 146 valence electrons. The average molecular weight is 438 g/mol. The molecule has 0 heterocycles. The van der Waals surface area contributed by atoms with Crippen LogP contribution in [0.4, 0.5) is 0 Å². The number of ether oxygens (including phenoxy) is 4. The van der Waals surface area contributed by atoms with Gasteiger partial charge in [0.2, 0.25) is 5.75 Å². The van der Waals surface area contributed by atoms with Crippen LogP contribution in [0.5, 0.6) is 23.0 Å². The number of hydrogen-bond donors (Lipinski definition) is 1. The Balaban J connectivity index is 1.97. The minimum atomic E-state index is -0.238. The van der Waals surface area contributed by atoms with Crippen LogP contribution in [-0.2, 0) is 17.8 Å². The lowest BCUT2D eigenvalue weighted by atomic mass is 10.1. The highest BCUT2D eigenvalue weighted by Crippen LogP contribution is 2.39. The molecule has 27 heavy (non-hydrogen) atoms. The van der Waals surface area contributed by atoms with Crippen LogP contribution in [0, 0.1) is 0 Å². The third-order valence-corrected chi connectivity index (χ3v) is 4.64. The zero-order valence-electron chi connectivity index (χ0n) is 15.9. The molecule has 0 aromatic heterocycles. The van der Waals surface area contributed by atoms with Gasteiger partial charge in [0.05, 0.1) is 25.8 Å². The highest BCUT2D eigenvalue weighted by molar-refractivity contribution is 9.10. The molecule has 0 atom stereocenters. The van der Waals surface area contributed by atoms with Crippen LogP contribution in [0.1, 0.15) is 18.1 Å². The molecule has 0 aliphatic rings. The lowest BCUT2D eigenvalue weighted by molar-refractivity contribution is -0.123. The number of hydrogen-bond acceptors (Lipinski definition) is 5. The Labute approximate surface area is 167 Å². The normalized spacial score (nSPS) is 10.3. The van der Waals surface area contributed by atoms with Gasteiger partial charge in [-0.2, -0.15) is 0 Å². The van der Waals surface area contributed by atoms with Crippen molar-refractivity contribution in [2.75, 3.05) is 27.9 Å². The van der Waals surface area contributed by atoms with E-state index in [1.807, 2.05) is 24.3 Å². The molecule has 0 saturated carbocycles. The smallest absolute Gasteiger partial charge is 0.258 e. The zero-order valence-corrected chi connectivity index (χ0v) is 17.5. The molecule has 0 unspecified atom stereocenters. The third kappa shape index (κ3) is 5.29. The Morgan fingerprint density at radius 1 is 1.00 bits per heavy atom. The number of amides is 1. The van der Waals surface area contributed by atoms with Gasteiger partial charge in [-0.25, -0.2) is 0 Å². The van der Waals surface area contributed by atoms with Crippen molar-refractivity contribution in [3.05, 3.63) is 45.9 Å². The molecular weight excluding hydrogens is 414 g/mol. The molecule has 7 heteroatoms. The lowest BCUT2D eigenvalue weighted by Crippen LogP contribution is -2.28. The standard InChI is InChI=1S/C20H24BrNO5/c1-5-13-6-8-16(15(21)10-13)27-12-18(23)22-11-14-7-9-17(24-2)20(26-4)19(14)25-3/h6-10H,5,11-12H2,1-4H3,(H,22,23). The second-order valence-corrected chi connectivity index (χ2v) is 6.53. The minimum Gasteiger partial charge on any atom is -0.493 e. The van der Waals surface area contributed by atoms with E-state index in [9.17, 15) is 4.79 Å². The number of benzene rings is 2. The van der Waals surface area contributed by atoms with Crippen molar-refractivity contribution in [3.63, 3.8) is 0 Å². The summed E-state index contributed by atoms with van der Waals surface area (Å²) in [5.41, 5.74) is 1.97. The Morgan fingerprint density at radius 2 is 1.70 bits per heavy atom. The van der Waals surface area contributed by atoms with Gasteiger partial charge in [0.1, 0.15) is 5.75 Å². The van der Waals surface area contributed by atoms with Gasteiger partial charge in [0.15, 0.2) is 18.1 Å². The number of halogens is 1. The Hall–Kier alpha value is -2.41. The van der Waals surface area contributed by atoms with E-state index in [4.69, 9.17) is 18.9 Å². The summed E-state index contributed by atoms with van der Waals surface area (Å²) in [5.74, 6) is 1.97. The van der Waals surface area contributed by atoms with E-state index in [0.29, 0.717) is 23.0 Å². The van der Waals surface area contributed by atoms with Gasteiger partial charge in [0.25, 0.3) is 5.91 Å². The quantitative estimate of drug-likeness (QED) is 0.647. The number of rotatable bonds is 9. The maximum absolute atomic E-state index is 12.2. The molecule has 0 saturated heterocycles. The fourth-order valence-electron chi connectivity index (χ4n) is 2.57. The molecule has 1 amide bonds. The van der Waals surface area contributed by atoms with E-state index in [1.54, 1.807) is 20.3 Å². The summed E-state index contributed by atoms with van der Waals surface area (Å²) in [5, 5.41) is 2.82. The Bertz CT molecular complexity index is 794. The summed E-state index contributed by atoms with van der Waals surface area (Å²) in [4.78, 5) is 12.2. The van der Waals surface area contributed by atoms with Gasteiger partial charge in [-0.05, 0) is 52.2 Å². The first-order chi connectivity index (χ1) is 13.0. The van der Waals surface area contributed by atoms with E-state index in [2.05, 4.69) is 28.2 Å². The molecule has 6 nitrogen and oxygen atoms in total. The molecule has 0 aliphatic heterocycles. The van der Waals surface area contributed by atoms with Crippen LogP contribution >= 0.6 is 15.9 Å². The second kappa shape index (κ2) is 10.1. The van der Waals surface area contributed by atoms with Gasteiger partial charge >= 0.3 is 0 Å². The second-order valence-electron chi connectivity index (χ2n) is 5.68. The molecule has 2 aromatic rings. The number of aryl methyl sites for hydroxylation is 1. The Morgan fingerprint density at radius 3 is 2.30 bits per heavy atom. The first-order valence-electron chi connectivity index (χ1n) is 8.49. The maximum atomic E-state index is 12.2. The van der Waals surface area contributed by atoms with Gasteiger partial charge < -0.3 is 24.3 Å². The number of carbonyl (C=O) groups excluding carboxylic acids is 1. The summed E-state index contributed by atoms with van der Waals surface area (Å²) in [7, 11) is 4.64. The average Bonchev–Trinajstić information content (AvgIpc) is 2.70. The molecule has 0 bridgehead atoms. The predicted octanol–water partition coefficient (Wildman–Crippen LogP) is 3.73. The van der Waals surface area contributed by atoms with Crippen LogP contribution in [0.3, 0.4) is 0 Å². The first-order valence-corrected chi connectivity index (χ1v) is 9.29. The zero-order chi connectivity index (χ0) is 19.8. The lowest BCUT2D eigenvalue weighted by Gasteiger charge is -2.16. The van der Waals surface area contributed by atoms with Crippen LogP contribution in [0.15, 0.2) is 34.8 Å². The van der Waals surface area contributed by atoms with E-state index >= 15 is 0 Å². The van der Waals surface area contributed by atoms with Gasteiger partial charge in [-0.1, -0.05) is 13.0 Å². The molecule has 0 fully saturated rings. The molecule has 1 N–H and O–H groups in total. The third-order valence-electron chi connectivity index (χ3n) is 4.03. The summed E-state index contributed by atoms with van der Waals surface area (Å²) < 4.78 is 22.4.